The monoisotopic (exact) mass is 459 g/mol. The van der Waals surface area contributed by atoms with E-state index in [1.807, 2.05) is 6.07 Å². The Labute approximate surface area is 184 Å². The summed E-state index contributed by atoms with van der Waals surface area (Å²) in [6.45, 7) is 0.493. The van der Waals surface area contributed by atoms with Gasteiger partial charge in [-0.15, -0.1) is 0 Å². The van der Waals surface area contributed by atoms with Crippen LogP contribution in [0.15, 0.2) is 36.4 Å². The normalized spacial score (nSPS) is 19.5. The number of nitrogens with one attached hydrogen (secondary N) is 3. The Morgan fingerprint density at radius 3 is 2.81 bits per heavy atom. The molecule has 2 unspecified atom stereocenters. The lowest BCUT2D eigenvalue weighted by Gasteiger charge is -2.15. The molecule has 0 saturated carbocycles. The van der Waals surface area contributed by atoms with E-state index in [4.69, 9.17) is 9.52 Å². The molecule has 0 bridgehead atoms. The van der Waals surface area contributed by atoms with Crippen LogP contribution in [-0.2, 0) is 37.2 Å². The predicted octanol–water partition coefficient (Wildman–Crippen LogP) is 2.79. The number of carboxylic acid groups (broad SMARTS) is 1. The third kappa shape index (κ3) is 4.51. The molecule has 10 heteroatoms. The lowest BCUT2D eigenvalue weighted by Crippen LogP contribution is -2.37. The average molecular weight is 459 g/mol. The number of ether oxygens (including phenoxy) is 1. The summed E-state index contributed by atoms with van der Waals surface area (Å²) in [5.41, 5.74) is 3.64. The van der Waals surface area contributed by atoms with Crippen LogP contribution in [0.4, 0.5) is 10.1 Å². The van der Waals surface area contributed by atoms with Crippen LogP contribution in [0.25, 0.3) is 11.3 Å². The van der Waals surface area contributed by atoms with Crippen LogP contribution in [0.1, 0.15) is 28.7 Å². The maximum absolute atomic E-state index is 13.7. The maximum atomic E-state index is 13.7. The highest BCUT2D eigenvalue weighted by Gasteiger charge is 2.32. The summed E-state index contributed by atoms with van der Waals surface area (Å²) in [6, 6.07) is 8.63. The zero-order valence-electron chi connectivity index (χ0n) is 17.2. The van der Waals surface area contributed by atoms with Gasteiger partial charge in [0.25, 0.3) is 5.91 Å². The molecule has 2 heterocycles. The van der Waals surface area contributed by atoms with E-state index in [9.17, 15) is 23.3 Å². The van der Waals surface area contributed by atoms with E-state index in [0.717, 1.165) is 16.7 Å². The second-order valence-corrected chi connectivity index (χ2v) is 10.3. The molecule has 0 aromatic heterocycles. The molecule has 0 fully saturated rings. The summed E-state index contributed by atoms with van der Waals surface area (Å²) in [5, 5.41) is 15.0. The van der Waals surface area contributed by atoms with Gasteiger partial charge in [0.2, 0.25) is 0 Å². The number of rotatable bonds is 7. The number of aliphatic carboxylic acids is 1. The molecule has 0 radical (unpaired) electrons. The molecule has 4 rings (SSSR count). The number of amides is 1. The van der Waals surface area contributed by atoms with Crippen molar-refractivity contribution in [2.45, 2.75) is 25.6 Å². The fourth-order valence-corrected chi connectivity index (χ4v) is 4.48. The summed E-state index contributed by atoms with van der Waals surface area (Å²) < 4.78 is 38.5. The number of carboxylic acids is 1. The lowest BCUT2D eigenvalue weighted by molar-refractivity contribution is -0.139. The molecule has 2 atom stereocenters. The number of hydrogen-bond donors (Lipinski definition) is 4. The van der Waals surface area contributed by atoms with Crippen LogP contribution in [0.3, 0.4) is 0 Å². The molecule has 2 aromatic carbocycles. The third-order valence-electron chi connectivity index (χ3n) is 5.39. The molecular weight excluding hydrogens is 437 g/mol. The molecule has 0 saturated heterocycles. The van der Waals surface area contributed by atoms with Gasteiger partial charge >= 0.3 is 5.97 Å². The van der Waals surface area contributed by atoms with Crippen molar-refractivity contribution in [3.8, 4) is 0 Å². The van der Waals surface area contributed by atoms with Crippen molar-refractivity contribution in [3.63, 3.8) is 0 Å². The van der Waals surface area contributed by atoms with Gasteiger partial charge in [-0.2, -0.15) is 0 Å². The summed E-state index contributed by atoms with van der Waals surface area (Å²) in [5.74, 6) is -1.49. The minimum Gasteiger partial charge on any atom is -0.487 e. The molecule has 2 aliphatic rings. The number of carbonyl (C=O) groups excluding carboxylic acids is 1. The third-order valence-corrected chi connectivity index (χ3v) is 6.40. The highest BCUT2D eigenvalue weighted by Crippen LogP contribution is 2.41. The van der Waals surface area contributed by atoms with Gasteiger partial charge in [0, 0.05) is 50.7 Å². The zero-order chi connectivity index (χ0) is 23.0. The van der Waals surface area contributed by atoms with Crippen molar-refractivity contribution in [3.05, 3.63) is 64.5 Å². The Hall–Kier alpha value is -3.24. The van der Waals surface area contributed by atoms with Crippen molar-refractivity contribution in [1.29, 1.82) is 4.78 Å². The Morgan fingerprint density at radius 2 is 2.09 bits per heavy atom. The smallest absolute Gasteiger partial charge is 0.320 e. The standard InChI is InChI=1S/C22H22FN3O5S/c1-32(24,30)7-6-18(22(28)29)25-10-12-2-4-15-13(8-12)11-31-20(15)19-16-9-14(23)3-5-17(16)26-21(19)27/h2-5,8-9,18,24-25H,6-7,10-11H2,1H3,(H,26,27)(H,28,29). The number of benzene rings is 2. The Bertz CT molecular complexity index is 1260. The van der Waals surface area contributed by atoms with Crippen LogP contribution < -0.4 is 10.6 Å². The fourth-order valence-electron chi connectivity index (χ4n) is 3.79. The van der Waals surface area contributed by atoms with Crippen molar-refractivity contribution in [2.75, 3.05) is 17.3 Å². The molecule has 2 aromatic rings. The van der Waals surface area contributed by atoms with Crippen LogP contribution in [-0.4, -0.2) is 39.2 Å². The van der Waals surface area contributed by atoms with Crippen molar-refractivity contribution >= 4 is 38.6 Å². The summed E-state index contributed by atoms with van der Waals surface area (Å²) in [7, 11) is -2.77. The number of fused-ring (bicyclic) bond motifs is 2. The minimum absolute atomic E-state index is 0.00391. The molecule has 1 amide bonds. The van der Waals surface area contributed by atoms with E-state index in [-0.39, 0.29) is 36.8 Å². The lowest BCUT2D eigenvalue weighted by atomic mass is 9.99. The number of anilines is 1. The second kappa shape index (κ2) is 8.36. The van der Waals surface area contributed by atoms with Crippen LogP contribution in [0.5, 0.6) is 0 Å². The van der Waals surface area contributed by atoms with Gasteiger partial charge in [-0.25, -0.2) is 4.39 Å². The number of halogens is 1. The second-order valence-electron chi connectivity index (χ2n) is 7.90. The molecule has 0 aliphatic carbocycles. The van der Waals surface area contributed by atoms with Gasteiger partial charge in [0.15, 0.2) is 0 Å². The van der Waals surface area contributed by atoms with E-state index in [2.05, 4.69) is 10.6 Å². The van der Waals surface area contributed by atoms with Gasteiger partial charge in [-0.1, -0.05) is 18.2 Å². The summed E-state index contributed by atoms with van der Waals surface area (Å²) in [6.07, 6.45) is 1.37. The molecule has 32 heavy (non-hydrogen) atoms. The van der Waals surface area contributed by atoms with Crippen LogP contribution >= 0.6 is 0 Å². The molecule has 2 aliphatic heterocycles. The Morgan fingerprint density at radius 1 is 1.31 bits per heavy atom. The molecular formula is C22H22FN3O5S. The molecule has 0 spiro atoms. The van der Waals surface area contributed by atoms with Gasteiger partial charge < -0.3 is 20.5 Å². The van der Waals surface area contributed by atoms with Crippen molar-refractivity contribution < 1.29 is 28.0 Å². The quantitative estimate of drug-likeness (QED) is 0.472. The van der Waals surface area contributed by atoms with E-state index >= 15 is 0 Å². The predicted molar refractivity (Wildman–Crippen MR) is 118 cm³/mol. The largest absolute Gasteiger partial charge is 0.487 e. The highest BCUT2D eigenvalue weighted by molar-refractivity contribution is 7.91. The van der Waals surface area contributed by atoms with Crippen molar-refractivity contribution in [2.24, 2.45) is 0 Å². The first-order chi connectivity index (χ1) is 15.1. The van der Waals surface area contributed by atoms with E-state index in [1.54, 1.807) is 12.1 Å². The molecule has 8 nitrogen and oxygen atoms in total. The molecule has 168 valence electrons. The first kappa shape index (κ1) is 22.0. The van der Waals surface area contributed by atoms with E-state index in [1.165, 1.54) is 24.5 Å². The molecule has 4 N–H and O–H groups in total. The Kier molecular flexibility index (Phi) is 5.74. The van der Waals surface area contributed by atoms with E-state index < -0.39 is 27.6 Å². The van der Waals surface area contributed by atoms with Gasteiger partial charge in [0.05, 0.1) is 5.57 Å². The first-order valence-corrected chi connectivity index (χ1v) is 12.0. The number of hydrogen-bond acceptors (Lipinski definition) is 6. The topological polar surface area (TPSA) is 129 Å². The Balaban J connectivity index is 1.55. The van der Waals surface area contributed by atoms with Crippen molar-refractivity contribution in [1.82, 2.24) is 5.32 Å². The summed E-state index contributed by atoms with van der Waals surface area (Å²) in [4.78, 5) is 24.0. The maximum Gasteiger partial charge on any atom is 0.320 e. The first-order valence-electron chi connectivity index (χ1n) is 9.90. The highest BCUT2D eigenvalue weighted by atomic mass is 32.2. The number of carbonyl (C=O) groups is 2. The zero-order valence-corrected chi connectivity index (χ0v) is 18.1. The minimum atomic E-state index is -2.77. The van der Waals surface area contributed by atoms with Gasteiger partial charge in [-0.3, -0.25) is 18.6 Å². The fraction of sp³-hybridized carbons (Fsp3) is 0.273. The van der Waals surface area contributed by atoms with Gasteiger partial charge in [0.1, 0.15) is 24.2 Å². The van der Waals surface area contributed by atoms with Gasteiger partial charge in [-0.05, 0) is 30.2 Å². The SMILES string of the molecule is CS(=N)(=O)CCC(NCc1ccc2c(c1)COC2=C1C(=O)Nc2ccc(F)cc21)C(=O)O. The average Bonchev–Trinajstić information content (AvgIpc) is 3.25. The van der Waals surface area contributed by atoms with Crippen LogP contribution in [0, 0.1) is 10.6 Å². The van der Waals surface area contributed by atoms with Crippen LogP contribution in [0.2, 0.25) is 0 Å². The van der Waals surface area contributed by atoms with E-state index in [0.29, 0.717) is 17.0 Å². The summed E-state index contributed by atoms with van der Waals surface area (Å²) >= 11 is 0.